The Morgan fingerprint density at radius 1 is 1.06 bits per heavy atom. The number of carbonyl (C=O) groups excluding carboxylic acids is 2. The molecule has 2 amide bonds. The summed E-state index contributed by atoms with van der Waals surface area (Å²) in [5, 5.41) is 2.88. The van der Waals surface area contributed by atoms with Crippen LogP contribution < -0.4 is 10.1 Å². The average molecular weight is 418 g/mol. The van der Waals surface area contributed by atoms with Crippen molar-refractivity contribution >= 4 is 17.5 Å². The molecular formula is C25H23FN2O3. The van der Waals surface area contributed by atoms with E-state index in [9.17, 15) is 14.0 Å². The molecule has 0 unspecified atom stereocenters. The van der Waals surface area contributed by atoms with Gasteiger partial charge >= 0.3 is 0 Å². The number of ether oxygens (including phenoxy) is 1. The molecule has 1 atom stereocenters. The van der Waals surface area contributed by atoms with Crippen LogP contribution >= 0.6 is 0 Å². The molecular weight excluding hydrogens is 395 g/mol. The molecule has 1 aliphatic rings. The van der Waals surface area contributed by atoms with Crippen molar-refractivity contribution in [2.45, 2.75) is 25.9 Å². The lowest BCUT2D eigenvalue weighted by Gasteiger charge is -2.28. The number of rotatable bonds is 7. The SMILES string of the molecule is CCOc1ccc(NC(=O)C[C@H](c2ccc(F)cc2)N2Cc3ccccc3C2=O)cc1. The second-order valence-corrected chi connectivity index (χ2v) is 7.37. The van der Waals surface area contributed by atoms with Gasteiger partial charge in [-0.15, -0.1) is 0 Å². The van der Waals surface area contributed by atoms with Gasteiger partial charge in [0, 0.05) is 17.8 Å². The van der Waals surface area contributed by atoms with E-state index >= 15 is 0 Å². The second kappa shape index (κ2) is 9.00. The van der Waals surface area contributed by atoms with E-state index in [-0.39, 0.29) is 24.1 Å². The van der Waals surface area contributed by atoms with Gasteiger partial charge in [-0.3, -0.25) is 9.59 Å². The first-order valence-electron chi connectivity index (χ1n) is 10.2. The Kier molecular flexibility index (Phi) is 5.98. The van der Waals surface area contributed by atoms with E-state index in [1.54, 1.807) is 47.4 Å². The number of fused-ring (bicyclic) bond motifs is 1. The molecule has 0 aliphatic carbocycles. The molecule has 5 nitrogen and oxygen atoms in total. The predicted molar refractivity (Wildman–Crippen MR) is 116 cm³/mol. The molecule has 0 radical (unpaired) electrons. The minimum atomic E-state index is -0.511. The van der Waals surface area contributed by atoms with Gasteiger partial charge in [0.1, 0.15) is 11.6 Å². The highest BCUT2D eigenvalue weighted by molar-refractivity contribution is 5.99. The topological polar surface area (TPSA) is 58.6 Å². The average Bonchev–Trinajstić information content (AvgIpc) is 3.11. The zero-order chi connectivity index (χ0) is 21.8. The summed E-state index contributed by atoms with van der Waals surface area (Å²) in [6.45, 7) is 2.88. The second-order valence-electron chi connectivity index (χ2n) is 7.37. The van der Waals surface area contributed by atoms with Crippen LogP contribution in [0.1, 0.15) is 40.9 Å². The molecule has 0 saturated carbocycles. The fraction of sp³-hybridized carbons (Fsp3) is 0.200. The molecule has 0 aromatic heterocycles. The molecule has 4 rings (SSSR count). The van der Waals surface area contributed by atoms with Gasteiger partial charge in [0.25, 0.3) is 5.91 Å². The molecule has 1 N–H and O–H groups in total. The first-order valence-corrected chi connectivity index (χ1v) is 10.2. The van der Waals surface area contributed by atoms with Crippen LogP contribution in [0.25, 0.3) is 0 Å². The van der Waals surface area contributed by atoms with Gasteiger partial charge in [0.05, 0.1) is 19.1 Å². The van der Waals surface area contributed by atoms with Crippen LogP contribution in [0.5, 0.6) is 5.75 Å². The lowest BCUT2D eigenvalue weighted by molar-refractivity contribution is -0.117. The van der Waals surface area contributed by atoms with E-state index in [1.807, 2.05) is 25.1 Å². The maximum atomic E-state index is 13.5. The van der Waals surface area contributed by atoms with Crippen molar-refractivity contribution in [2.75, 3.05) is 11.9 Å². The number of benzene rings is 3. The Labute approximate surface area is 180 Å². The Morgan fingerprint density at radius 3 is 2.45 bits per heavy atom. The predicted octanol–water partition coefficient (Wildman–Crippen LogP) is 4.95. The van der Waals surface area contributed by atoms with Gasteiger partial charge in [-0.05, 0) is 60.5 Å². The van der Waals surface area contributed by atoms with Gasteiger partial charge < -0.3 is 15.0 Å². The van der Waals surface area contributed by atoms with Crippen molar-refractivity contribution in [3.63, 3.8) is 0 Å². The van der Waals surface area contributed by atoms with E-state index < -0.39 is 6.04 Å². The first kappa shape index (κ1) is 20.6. The van der Waals surface area contributed by atoms with Crippen molar-refractivity contribution in [3.05, 3.63) is 95.3 Å². The van der Waals surface area contributed by atoms with Crippen molar-refractivity contribution in [1.82, 2.24) is 4.90 Å². The quantitative estimate of drug-likeness (QED) is 0.591. The van der Waals surface area contributed by atoms with E-state index in [0.717, 1.165) is 11.3 Å². The van der Waals surface area contributed by atoms with Crippen LogP contribution in [0.3, 0.4) is 0 Å². The summed E-state index contributed by atoms with van der Waals surface area (Å²) >= 11 is 0. The molecule has 6 heteroatoms. The fourth-order valence-corrected chi connectivity index (χ4v) is 3.81. The number of carbonyl (C=O) groups is 2. The Morgan fingerprint density at radius 2 is 1.77 bits per heavy atom. The maximum absolute atomic E-state index is 13.5. The number of hydrogen-bond donors (Lipinski definition) is 1. The van der Waals surface area contributed by atoms with E-state index in [2.05, 4.69) is 5.32 Å². The summed E-state index contributed by atoms with van der Waals surface area (Å²) in [7, 11) is 0. The Bertz CT molecular complexity index is 1080. The summed E-state index contributed by atoms with van der Waals surface area (Å²) < 4.78 is 18.9. The van der Waals surface area contributed by atoms with Gasteiger partial charge in [0.15, 0.2) is 0 Å². The van der Waals surface area contributed by atoms with Gasteiger partial charge in [0.2, 0.25) is 5.91 Å². The molecule has 31 heavy (non-hydrogen) atoms. The lowest BCUT2D eigenvalue weighted by atomic mass is 10.0. The minimum absolute atomic E-state index is 0.0541. The summed E-state index contributed by atoms with van der Waals surface area (Å²) in [5.41, 5.74) is 2.92. The van der Waals surface area contributed by atoms with Crippen molar-refractivity contribution in [1.29, 1.82) is 0 Å². The number of nitrogens with zero attached hydrogens (tertiary/aromatic N) is 1. The first-order chi connectivity index (χ1) is 15.0. The van der Waals surface area contributed by atoms with Crippen LogP contribution in [0, 0.1) is 5.82 Å². The fourth-order valence-electron chi connectivity index (χ4n) is 3.81. The third-order valence-electron chi connectivity index (χ3n) is 5.31. The number of nitrogens with one attached hydrogen (secondary N) is 1. The number of halogens is 1. The molecule has 3 aromatic carbocycles. The van der Waals surface area contributed by atoms with Crippen LogP contribution in [0.2, 0.25) is 0 Å². The Balaban J connectivity index is 1.54. The van der Waals surface area contributed by atoms with E-state index in [0.29, 0.717) is 30.0 Å². The molecule has 0 spiro atoms. The highest BCUT2D eigenvalue weighted by Crippen LogP contribution is 2.34. The number of amides is 2. The lowest BCUT2D eigenvalue weighted by Crippen LogP contribution is -2.32. The molecule has 0 saturated heterocycles. The van der Waals surface area contributed by atoms with Gasteiger partial charge in [-0.25, -0.2) is 4.39 Å². The number of anilines is 1. The van der Waals surface area contributed by atoms with Crippen molar-refractivity contribution in [3.8, 4) is 5.75 Å². The van der Waals surface area contributed by atoms with Gasteiger partial charge in [-0.2, -0.15) is 0 Å². The smallest absolute Gasteiger partial charge is 0.255 e. The zero-order valence-corrected chi connectivity index (χ0v) is 17.2. The third kappa shape index (κ3) is 4.58. The molecule has 0 fully saturated rings. The standard InChI is InChI=1S/C25H23FN2O3/c1-2-31-21-13-11-20(12-14-21)27-24(29)15-23(17-7-9-19(26)10-8-17)28-16-18-5-3-4-6-22(18)25(28)30/h3-14,23H,2,15-16H2,1H3,(H,27,29)/t23-/m1/s1. The van der Waals surface area contributed by atoms with Crippen LogP contribution in [-0.4, -0.2) is 23.3 Å². The summed E-state index contributed by atoms with van der Waals surface area (Å²) in [5.74, 6) is 0.00326. The van der Waals surface area contributed by atoms with Crippen molar-refractivity contribution < 1.29 is 18.7 Å². The van der Waals surface area contributed by atoms with Crippen LogP contribution in [-0.2, 0) is 11.3 Å². The molecule has 3 aromatic rings. The largest absolute Gasteiger partial charge is 0.494 e. The van der Waals surface area contributed by atoms with E-state index in [1.165, 1.54) is 12.1 Å². The monoisotopic (exact) mass is 418 g/mol. The molecule has 158 valence electrons. The normalized spacial score (nSPS) is 13.6. The van der Waals surface area contributed by atoms with Gasteiger partial charge in [-0.1, -0.05) is 30.3 Å². The zero-order valence-electron chi connectivity index (χ0n) is 17.2. The van der Waals surface area contributed by atoms with E-state index in [4.69, 9.17) is 4.74 Å². The van der Waals surface area contributed by atoms with Crippen LogP contribution in [0.4, 0.5) is 10.1 Å². The van der Waals surface area contributed by atoms with Crippen LogP contribution in [0.15, 0.2) is 72.8 Å². The summed E-state index contributed by atoms with van der Waals surface area (Å²) in [6.07, 6.45) is 0.0541. The molecule has 0 bridgehead atoms. The Hall–Kier alpha value is -3.67. The minimum Gasteiger partial charge on any atom is -0.494 e. The maximum Gasteiger partial charge on any atom is 0.255 e. The third-order valence-corrected chi connectivity index (χ3v) is 5.31. The van der Waals surface area contributed by atoms with Crippen molar-refractivity contribution in [2.24, 2.45) is 0 Å². The highest BCUT2D eigenvalue weighted by atomic mass is 19.1. The molecule has 1 heterocycles. The number of hydrogen-bond acceptors (Lipinski definition) is 3. The summed E-state index contributed by atoms with van der Waals surface area (Å²) in [6, 6.07) is 20.0. The summed E-state index contributed by atoms with van der Waals surface area (Å²) in [4.78, 5) is 27.6. The highest BCUT2D eigenvalue weighted by Gasteiger charge is 2.34. The molecule has 1 aliphatic heterocycles.